The Kier molecular flexibility index (Phi) is 6.12. The van der Waals surface area contributed by atoms with Gasteiger partial charge in [-0.25, -0.2) is 0 Å². The number of carbonyl (C=O) groups is 1. The molecule has 106 valence electrons. The average molecular weight is 286 g/mol. The summed E-state index contributed by atoms with van der Waals surface area (Å²) in [5, 5.41) is 0. The smallest absolute Gasteiger partial charge is 0.322 e. The zero-order chi connectivity index (χ0) is 13.0. The molecule has 1 atom stereocenters. The van der Waals surface area contributed by atoms with Gasteiger partial charge in [-0.05, 0) is 30.4 Å². The van der Waals surface area contributed by atoms with Crippen molar-refractivity contribution >= 4 is 18.4 Å². The minimum atomic E-state index is -0.638. The average Bonchev–Trinajstić information content (AvgIpc) is 3.20. The van der Waals surface area contributed by atoms with Crippen LogP contribution in [0.2, 0.25) is 0 Å². The van der Waals surface area contributed by atoms with Crippen LogP contribution in [0.3, 0.4) is 0 Å². The maximum absolute atomic E-state index is 11.3. The normalized spacial score (nSPS) is 15.3. The van der Waals surface area contributed by atoms with Crippen LogP contribution in [0.4, 0.5) is 0 Å². The van der Waals surface area contributed by atoms with Crippen LogP contribution in [0.25, 0.3) is 0 Å². The topological polar surface area (TPSA) is 61.5 Å². The number of nitrogens with two attached hydrogens (primary N) is 1. The van der Waals surface area contributed by atoms with Crippen molar-refractivity contribution in [1.82, 2.24) is 0 Å². The fourth-order valence-electron chi connectivity index (χ4n) is 1.78. The number of methoxy groups -OCH3 is 1. The fourth-order valence-corrected chi connectivity index (χ4v) is 1.78. The number of halogens is 1. The van der Waals surface area contributed by atoms with Gasteiger partial charge in [0.05, 0.1) is 13.7 Å². The summed E-state index contributed by atoms with van der Waals surface area (Å²) in [5.41, 5.74) is 6.72. The zero-order valence-corrected chi connectivity index (χ0v) is 11.8. The molecular formula is C14H20ClNO3. The molecule has 0 bridgehead atoms. The Hall–Kier alpha value is -1.26. The number of hydrogen-bond donors (Lipinski definition) is 1. The van der Waals surface area contributed by atoms with Gasteiger partial charge in [-0.1, -0.05) is 18.2 Å². The molecule has 0 aliphatic heterocycles. The molecule has 1 saturated carbocycles. The Labute approximate surface area is 119 Å². The molecule has 5 heteroatoms. The number of hydrogen-bond acceptors (Lipinski definition) is 4. The van der Waals surface area contributed by atoms with E-state index in [0.29, 0.717) is 12.3 Å². The van der Waals surface area contributed by atoms with Crippen LogP contribution in [0.5, 0.6) is 5.75 Å². The Balaban J connectivity index is 0.00000180. The van der Waals surface area contributed by atoms with Crippen LogP contribution in [-0.4, -0.2) is 25.7 Å². The van der Waals surface area contributed by atoms with Crippen molar-refractivity contribution < 1.29 is 14.3 Å². The number of rotatable bonds is 6. The third-order valence-electron chi connectivity index (χ3n) is 3.09. The molecule has 0 heterocycles. The zero-order valence-electron chi connectivity index (χ0n) is 11.0. The second-order valence-corrected chi connectivity index (χ2v) is 4.70. The highest BCUT2D eigenvalue weighted by Crippen LogP contribution is 2.30. The van der Waals surface area contributed by atoms with E-state index in [9.17, 15) is 4.79 Å². The highest BCUT2D eigenvalue weighted by atomic mass is 35.5. The monoisotopic (exact) mass is 285 g/mol. The van der Waals surface area contributed by atoms with Crippen molar-refractivity contribution in [3.05, 3.63) is 29.8 Å². The Morgan fingerprint density at radius 1 is 1.42 bits per heavy atom. The molecule has 0 radical (unpaired) electrons. The molecule has 2 rings (SSSR count). The van der Waals surface area contributed by atoms with Crippen LogP contribution < -0.4 is 10.5 Å². The Bertz CT molecular complexity index is 421. The molecule has 4 nitrogen and oxygen atoms in total. The van der Waals surface area contributed by atoms with E-state index < -0.39 is 12.0 Å². The lowest BCUT2D eigenvalue weighted by atomic mass is 10.1. The molecule has 0 unspecified atom stereocenters. The van der Waals surface area contributed by atoms with E-state index in [0.717, 1.165) is 17.9 Å². The van der Waals surface area contributed by atoms with Gasteiger partial charge in [0.1, 0.15) is 11.8 Å². The lowest BCUT2D eigenvalue weighted by molar-refractivity contribution is -0.142. The molecule has 1 aliphatic rings. The minimum Gasteiger partial charge on any atom is -0.493 e. The first-order valence-corrected chi connectivity index (χ1v) is 6.25. The molecule has 19 heavy (non-hydrogen) atoms. The van der Waals surface area contributed by atoms with Gasteiger partial charge >= 0.3 is 5.97 Å². The SMILES string of the molecule is COC(=O)[C@H](N)Cc1ccccc1OCC1CC1.Cl. The molecule has 0 saturated heterocycles. The third-order valence-corrected chi connectivity index (χ3v) is 3.09. The van der Waals surface area contributed by atoms with Crippen molar-refractivity contribution in [3.8, 4) is 5.75 Å². The molecule has 0 aromatic heterocycles. The van der Waals surface area contributed by atoms with Gasteiger partial charge in [0.25, 0.3) is 0 Å². The lowest BCUT2D eigenvalue weighted by Crippen LogP contribution is -2.33. The van der Waals surface area contributed by atoms with E-state index in [1.54, 1.807) is 0 Å². The molecule has 0 spiro atoms. The molecule has 2 N–H and O–H groups in total. The predicted molar refractivity (Wildman–Crippen MR) is 75.6 cm³/mol. The highest BCUT2D eigenvalue weighted by molar-refractivity contribution is 5.85. The van der Waals surface area contributed by atoms with Gasteiger partial charge in [0, 0.05) is 6.42 Å². The second kappa shape index (κ2) is 7.36. The quantitative estimate of drug-likeness (QED) is 0.812. The van der Waals surface area contributed by atoms with Crippen LogP contribution in [0, 0.1) is 5.92 Å². The number of esters is 1. The summed E-state index contributed by atoms with van der Waals surface area (Å²) in [7, 11) is 1.34. The second-order valence-electron chi connectivity index (χ2n) is 4.70. The van der Waals surface area contributed by atoms with Crippen LogP contribution in [0.1, 0.15) is 18.4 Å². The van der Waals surface area contributed by atoms with Crippen LogP contribution >= 0.6 is 12.4 Å². The van der Waals surface area contributed by atoms with Crippen molar-refractivity contribution in [2.75, 3.05) is 13.7 Å². The van der Waals surface area contributed by atoms with E-state index in [1.807, 2.05) is 24.3 Å². The van der Waals surface area contributed by atoms with Crippen LogP contribution in [0.15, 0.2) is 24.3 Å². The summed E-state index contributed by atoms with van der Waals surface area (Å²) in [6.07, 6.45) is 2.95. The van der Waals surface area contributed by atoms with E-state index in [4.69, 9.17) is 10.5 Å². The van der Waals surface area contributed by atoms with Gasteiger partial charge in [0.15, 0.2) is 0 Å². The van der Waals surface area contributed by atoms with E-state index in [1.165, 1.54) is 20.0 Å². The van der Waals surface area contributed by atoms with Crippen molar-refractivity contribution in [2.24, 2.45) is 11.7 Å². The van der Waals surface area contributed by atoms with E-state index >= 15 is 0 Å². The van der Waals surface area contributed by atoms with Gasteiger partial charge < -0.3 is 15.2 Å². The number of para-hydroxylation sites is 1. The fraction of sp³-hybridized carbons (Fsp3) is 0.500. The first-order chi connectivity index (χ1) is 8.70. The molecule has 0 amide bonds. The number of benzene rings is 1. The molecular weight excluding hydrogens is 266 g/mol. The Morgan fingerprint density at radius 2 is 2.11 bits per heavy atom. The first-order valence-electron chi connectivity index (χ1n) is 6.25. The van der Waals surface area contributed by atoms with Gasteiger partial charge in [-0.3, -0.25) is 4.79 Å². The van der Waals surface area contributed by atoms with Gasteiger partial charge in [0.2, 0.25) is 0 Å². The van der Waals surface area contributed by atoms with E-state index in [2.05, 4.69) is 4.74 Å². The minimum absolute atomic E-state index is 0. The van der Waals surface area contributed by atoms with Gasteiger partial charge in [-0.15, -0.1) is 12.4 Å². The first kappa shape index (κ1) is 15.8. The summed E-state index contributed by atoms with van der Waals surface area (Å²) in [4.78, 5) is 11.3. The Morgan fingerprint density at radius 3 is 2.74 bits per heavy atom. The lowest BCUT2D eigenvalue weighted by Gasteiger charge is -2.14. The molecule has 1 fully saturated rings. The molecule has 1 aromatic carbocycles. The molecule has 1 aromatic rings. The van der Waals surface area contributed by atoms with Gasteiger partial charge in [-0.2, -0.15) is 0 Å². The summed E-state index contributed by atoms with van der Waals surface area (Å²) in [6.45, 7) is 0.754. The number of ether oxygens (including phenoxy) is 2. The summed E-state index contributed by atoms with van der Waals surface area (Å²) >= 11 is 0. The van der Waals surface area contributed by atoms with Crippen molar-refractivity contribution in [1.29, 1.82) is 0 Å². The summed E-state index contributed by atoms with van der Waals surface area (Å²) in [6, 6.07) is 7.06. The highest BCUT2D eigenvalue weighted by Gasteiger charge is 2.23. The summed E-state index contributed by atoms with van der Waals surface area (Å²) < 4.78 is 10.4. The predicted octanol–water partition coefficient (Wildman–Crippen LogP) is 1.94. The largest absolute Gasteiger partial charge is 0.493 e. The van der Waals surface area contributed by atoms with Crippen LogP contribution in [-0.2, 0) is 16.0 Å². The summed E-state index contributed by atoms with van der Waals surface area (Å²) in [5.74, 6) is 1.13. The third kappa shape index (κ3) is 4.73. The molecule has 1 aliphatic carbocycles. The number of carbonyl (C=O) groups excluding carboxylic acids is 1. The van der Waals surface area contributed by atoms with Crippen molar-refractivity contribution in [2.45, 2.75) is 25.3 Å². The maximum atomic E-state index is 11.3. The standard InChI is InChI=1S/C14H19NO3.ClH/c1-17-14(16)12(15)8-11-4-2-3-5-13(11)18-9-10-6-7-10;/h2-5,10,12H,6-9,15H2,1H3;1H/t12-;/m1./s1. The maximum Gasteiger partial charge on any atom is 0.322 e. The van der Waals surface area contributed by atoms with Crippen molar-refractivity contribution in [3.63, 3.8) is 0 Å². The van der Waals surface area contributed by atoms with E-state index in [-0.39, 0.29) is 12.4 Å².